The van der Waals surface area contributed by atoms with Crippen LogP contribution in [0.4, 0.5) is 5.69 Å². The number of aryl methyl sites for hydroxylation is 2. The Morgan fingerprint density at radius 1 is 0.933 bits per heavy atom. The summed E-state index contributed by atoms with van der Waals surface area (Å²) in [6.07, 6.45) is 0. The molecule has 1 aliphatic heterocycles. The first-order chi connectivity index (χ1) is 14.3. The number of carbonyl (C=O) groups excluding carboxylic acids is 4. The first kappa shape index (κ1) is 21.2. The van der Waals surface area contributed by atoms with Gasteiger partial charge in [0, 0.05) is 13.1 Å². The highest BCUT2D eigenvalue weighted by atomic mass is 16.5. The van der Waals surface area contributed by atoms with E-state index >= 15 is 0 Å². The highest BCUT2D eigenvalue weighted by Crippen LogP contribution is 2.31. The van der Waals surface area contributed by atoms with Gasteiger partial charge in [-0.1, -0.05) is 12.1 Å². The molecule has 0 radical (unpaired) electrons. The molecule has 7 nitrogen and oxygen atoms in total. The lowest BCUT2D eigenvalue weighted by molar-refractivity contribution is -0.134. The topological polar surface area (TPSA) is 84.0 Å². The summed E-state index contributed by atoms with van der Waals surface area (Å²) < 4.78 is 5.10. The van der Waals surface area contributed by atoms with Gasteiger partial charge in [-0.15, -0.1) is 0 Å². The number of imide groups is 1. The van der Waals surface area contributed by atoms with Crippen LogP contribution in [0.5, 0.6) is 0 Å². The highest BCUT2D eigenvalue weighted by molar-refractivity contribution is 6.35. The number of esters is 1. The average Bonchev–Trinajstić information content (AvgIpc) is 2.98. The molecule has 156 valence electrons. The minimum absolute atomic E-state index is 0.116. The number of likely N-dealkylation sites (N-methyl/N-ethyl adjacent to an activating group) is 1. The smallest absolute Gasteiger partial charge is 0.338 e. The van der Waals surface area contributed by atoms with Crippen LogP contribution in [0, 0.1) is 13.8 Å². The fourth-order valence-corrected chi connectivity index (χ4v) is 3.43. The standard InChI is InChI=1S/C23H24N2O5/c1-5-24(6-2)20(26)13-30-23(29)16-9-10-17-18(12-16)22(28)25(21(17)27)19-11-14(3)7-8-15(19)4/h7-12H,5-6,13H2,1-4H3. The number of fused-ring (bicyclic) bond motifs is 1. The SMILES string of the molecule is CCN(CC)C(=O)COC(=O)c1ccc2c(c1)C(=O)N(c1cc(C)ccc1C)C2=O. The molecule has 2 aromatic rings. The zero-order chi connectivity index (χ0) is 22.0. The van der Waals surface area contributed by atoms with Gasteiger partial charge in [-0.3, -0.25) is 14.4 Å². The molecule has 3 amide bonds. The zero-order valence-corrected chi connectivity index (χ0v) is 17.5. The van der Waals surface area contributed by atoms with Crippen molar-refractivity contribution in [1.82, 2.24) is 4.90 Å². The number of ether oxygens (including phenoxy) is 1. The Kier molecular flexibility index (Phi) is 6.01. The minimum atomic E-state index is -0.719. The molecule has 1 aliphatic rings. The van der Waals surface area contributed by atoms with Crippen LogP contribution >= 0.6 is 0 Å². The van der Waals surface area contributed by atoms with Crippen molar-refractivity contribution in [1.29, 1.82) is 0 Å². The molecule has 0 fully saturated rings. The van der Waals surface area contributed by atoms with E-state index in [9.17, 15) is 19.2 Å². The lowest BCUT2D eigenvalue weighted by Gasteiger charge is -2.18. The molecule has 0 saturated heterocycles. The van der Waals surface area contributed by atoms with Crippen molar-refractivity contribution in [3.8, 4) is 0 Å². The fourth-order valence-electron chi connectivity index (χ4n) is 3.43. The van der Waals surface area contributed by atoms with Crippen LogP contribution in [0.3, 0.4) is 0 Å². The van der Waals surface area contributed by atoms with Crippen LogP contribution in [-0.2, 0) is 9.53 Å². The summed E-state index contributed by atoms with van der Waals surface area (Å²) in [5.74, 6) is -1.93. The summed E-state index contributed by atoms with van der Waals surface area (Å²) in [4.78, 5) is 52.9. The van der Waals surface area contributed by atoms with Crippen LogP contribution in [-0.4, -0.2) is 48.3 Å². The van der Waals surface area contributed by atoms with Crippen LogP contribution in [0.1, 0.15) is 56.0 Å². The molecule has 0 bridgehead atoms. The lowest BCUT2D eigenvalue weighted by atomic mass is 10.1. The molecule has 0 aromatic heterocycles. The summed E-state index contributed by atoms with van der Waals surface area (Å²) in [5, 5.41) is 0. The Balaban J connectivity index is 1.82. The first-order valence-corrected chi connectivity index (χ1v) is 9.83. The van der Waals surface area contributed by atoms with E-state index in [-0.39, 0.29) is 29.2 Å². The van der Waals surface area contributed by atoms with E-state index in [1.807, 2.05) is 39.8 Å². The Labute approximate surface area is 175 Å². The fraction of sp³-hybridized carbons (Fsp3) is 0.304. The molecule has 0 aliphatic carbocycles. The summed E-state index contributed by atoms with van der Waals surface area (Å²) in [6, 6.07) is 9.77. The first-order valence-electron chi connectivity index (χ1n) is 9.83. The van der Waals surface area contributed by atoms with E-state index in [1.54, 1.807) is 11.0 Å². The van der Waals surface area contributed by atoms with Gasteiger partial charge in [0.1, 0.15) is 0 Å². The maximum absolute atomic E-state index is 13.0. The van der Waals surface area contributed by atoms with Crippen molar-refractivity contribution in [2.45, 2.75) is 27.7 Å². The maximum Gasteiger partial charge on any atom is 0.338 e. The molecular weight excluding hydrogens is 384 g/mol. The van der Waals surface area contributed by atoms with Crippen molar-refractivity contribution in [2.24, 2.45) is 0 Å². The van der Waals surface area contributed by atoms with Crippen LogP contribution < -0.4 is 4.90 Å². The third-order valence-electron chi connectivity index (χ3n) is 5.17. The average molecular weight is 408 g/mol. The molecule has 0 N–H and O–H groups in total. The van der Waals surface area contributed by atoms with Gasteiger partial charge >= 0.3 is 5.97 Å². The van der Waals surface area contributed by atoms with Gasteiger partial charge in [-0.05, 0) is 63.1 Å². The van der Waals surface area contributed by atoms with Crippen LogP contribution in [0.15, 0.2) is 36.4 Å². The number of carbonyl (C=O) groups is 4. The van der Waals surface area contributed by atoms with E-state index < -0.39 is 17.8 Å². The normalized spacial score (nSPS) is 12.7. The Hall–Kier alpha value is -3.48. The summed E-state index contributed by atoms with van der Waals surface area (Å²) >= 11 is 0. The molecular formula is C23H24N2O5. The van der Waals surface area contributed by atoms with Crippen LogP contribution in [0.25, 0.3) is 0 Å². The molecule has 0 atom stereocenters. The van der Waals surface area contributed by atoms with E-state index in [1.165, 1.54) is 18.2 Å². The predicted octanol–water partition coefficient (Wildman–Crippen LogP) is 3.13. The van der Waals surface area contributed by atoms with Gasteiger partial charge in [0.2, 0.25) is 0 Å². The monoisotopic (exact) mass is 408 g/mol. The largest absolute Gasteiger partial charge is 0.452 e. The van der Waals surface area contributed by atoms with Crippen molar-refractivity contribution in [3.63, 3.8) is 0 Å². The number of rotatable bonds is 6. The van der Waals surface area contributed by atoms with Crippen molar-refractivity contribution < 1.29 is 23.9 Å². The Morgan fingerprint density at radius 2 is 1.60 bits per heavy atom. The molecule has 7 heteroatoms. The molecule has 2 aromatic carbocycles. The number of benzene rings is 2. The van der Waals surface area contributed by atoms with E-state index in [2.05, 4.69) is 0 Å². The van der Waals surface area contributed by atoms with Gasteiger partial charge in [0.25, 0.3) is 17.7 Å². The lowest BCUT2D eigenvalue weighted by Crippen LogP contribution is -2.34. The highest BCUT2D eigenvalue weighted by Gasteiger charge is 2.38. The molecule has 3 rings (SSSR count). The Morgan fingerprint density at radius 3 is 2.27 bits per heavy atom. The van der Waals surface area contributed by atoms with E-state index in [0.29, 0.717) is 18.8 Å². The van der Waals surface area contributed by atoms with E-state index in [0.717, 1.165) is 16.0 Å². The maximum atomic E-state index is 13.0. The summed E-state index contributed by atoms with van der Waals surface area (Å²) in [6.45, 7) is 8.07. The van der Waals surface area contributed by atoms with E-state index in [4.69, 9.17) is 4.74 Å². The summed E-state index contributed by atoms with van der Waals surface area (Å²) in [7, 11) is 0. The quantitative estimate of drug-likeness (QED) is 0.542. The van der Waals surface area contributed by atoms with Gasteiger partial charge in [0.15, 0.2) is 6.61 Å². The van der Waals surface area contributed by atoms with Crippen molar-refractivity contribution in [3.05, 3.63) is 64.2 Å². The molecule has 0 saturated carbocycles. The second-order valence-electron chi connectivity index (χ2n) is 7.14. The number of anilines is 1. The Bertz CT molecular complexity index is 1040. The van der Waals surface area contributed by atoms with Crippen molar-refractivity contribution in [2.75, 3.05) is 24.6 Å². The van der Waals surface area contributed by atoms with Crippen LogP contribution in [0.2, 0.25) is 0 Å². The van der Waals surface area contributed by atoms with Gasteiger partial charge < -0.3 is 9.64 Å². The summed E-state index contributed by atoms with van der Waals surface area (Å²) in [5.41, 5.74) is 2.74. The van der Waals surface area contributed by atoms with Gasteiger partial charge in [-0.25, -0.2) is 9.69 Å². The third kappa shape index (κ3) is 3.83. The minimum Gasteiger partial charge on any atom is -0.452 e. The zero-order valence-electron chi connectivity index (χ0n) is 17.5. The second-order valence-corrected chi connectivity index (χ2v) is 7.14. The number of amides is 3. The van der Waals surface area contributed by atoms with Gasteiger partial charge in [0.05, 0.1) is 22.4 Å². The number of hydrogen-bond acceptors (Lipinski definition) is 5. The third-order valence-corrected chi connectivity index (χ3v) is 5.17. The van der Waals surface area contributed by atoms with Crippen molar-refractivity contribution >= 4 is 29.4 Å². The number of hydrogen-bond donors (Lipinski definition) is 0. The molecule has 30 heavy (non-hydrogen) atoms. The molecule has 0 unspecified atom stereocenters. The predicted molar refractivity (Wildman–Crippen MR) is 112 cm³/mol. The number of nitrogens with zero attached hydrogens (tertiary/aromatic N) is 2. The molecule has 1 heterocycles. The second kappa shape index (κ2) is 8.49. The van der Waals surface area contributed by atoms with Gasteiger partial charge in [-0.2, -0.15) is 0 Å². The molecule has 0 spiro atoms.